The van der Waals surface area contributed by atoms with Crippen molar-refractivity contribution in [3.63, 3.8) is 0 Å². The Hall–Kier alpha value is -3.07. The molecule has 2 heterocycles. The number of aryl methyl sites for hydroxylation is 2. The molecule has 0 atom stereocenters. The molecule has 33 heavy (non-hydrogen) atoms. The summed E-state index contributed by atoms with van der Waals surface area (Å²) < 4.78 is 16.8. The number of halogens is 2. The first-order valence-corrected chi connectivity index (χ1v) is 10.6. The molecular formula is C23H30FIN8. The van der Waals surface area contributed by atoms with E-state index in [0.29, 0.717) is 36.3 Å². The zero-order valence-electron chi connectivity index (χ0n) is 19.1. The summed E-state index contributed by atoms with van der Waals surface area (Å²) in [4.78, 5) is 6.81. The van der Waals surface area contributed by atoms with E-state index in [1.54, 1.807) is 12.1 Å². The summed E-state index contributed by atoms with van der Waals surface area (Å²) in [5, 5.41) is 17.4. The van der Waals surface area contributed by atoms with Crippen molar-refractivity contribution < 1.29 is 4.39 Å². The second-order valence-corrected chi connectivity index (χ2v) is 7.51. The average molecular weight is 564 g/mol. The van der Waals surface area contributed by atoms with Crippen molar-refractivity contribution >= 4 is 35.8 Å². The number of guanidine groups is 1. The summed E-state index contributed by atoms with van der Waals surface area (Å²) in [6, 6.07) is 12.1. The maximum absolute atomic E-state index is 13.2. The highest BCUT2D eigenvalue weighted by molar-refractivity contribution is 14.0. The molecule has 0 saturated carbocycles. The molecule has 0 amide bonds. The number of rotatable bonds is 8. The first-order chi connectivity index (χ1) is 15.4. The molecule has 0 bridgehead atoms. The van der Waals surface area contributed by atoms with Gasteiger partial charge in [-0.25, -0.2) is 9.07 Å². The van der Waals surface area contributed by atoms with E-state index in [4.69, 9.17) is 10.7 Å². The maximum atomic E-state index is 13.2. The molecule has 0 unspecified atom stereocenters. The minimum atomic E-state index is -0.341. The van der Waals surface area contributed by atoms with E-state index in [1.807, 2.05) is 33.3 Å². The molecule has 0 radical (unpaired) electrons. The van der Waals surface area contributed by atoms with Crippen molar-refractivity contribution in [2.75, 3.05) is 25.9 Å². The van der Waals surface area contributed by atoms with Crippen LogP contribution in [0.2, 0.25) is 0 Å². The SMILES string of the molecule is CCNC(=NCCCc1nn(-c2ccc(F)cc2)c(N)c1C#N)N(C)Cc1cccn1C.I. The van der Waals surface area contributed by atoms with Crippen molar-refractivity contribution in [3.05, 3.63) is 65.4 Å². The molecule has 10 heteroatoms. The first-order valence-electron chi connectivity index (χ1n) is 10.6. The Kier molecular flexibility index (Phi) is 9.72. The van der Waals surface area contributed by atoms with E-state index in [-0.39, 0.29) is 35.6 Å². The molecule has 3 rings (SSSR count). The first kappa shape index (κ1) is 26.2. The summed E-state index contributed by atoms with van der Waals surface area (Å²) in [6.45, 7) is 4.13. The van der Waals surface area contributed by atoms with Gasteiger partial charge in [-0.15, -0.1) is 24.0 Å². The van der Waals surface area contributed by atoms with Crippen LogP contribution in [0.15, 0.2) is 47.6 Å². The molecule has 3 N–H and O–H groups in total. The molecular weight excluding hydrogens is 534 g/mol. The number of aliphatic imine (C=N–C) groups is 1. The van der Waals surface area contributed by atoms with Crippen LogP contribution in [-0.4, -0.2) is 45.3 Å². The predicted molar refractivity (Wildman–Crippen MR) is 139 cm³/mol. The Balaban J connectivity index is 0.00000385. The second kappa shape index (κ2) is 12.2. The zero-order chi connectivity index (χ0) is 23.1. The molecule has 2 aromatic heterocycles. The van der Waals surface area contributed by atoms with Gasteiger partial charge in [0.25, 0.3) is 0 Å². The van der Waals surface area contributed by atoms with Crippen LogP contribution in [0.5, 0.6) is 0 Å². The van der Waals surface area contributed by atoms with Gasteiger partial charge >= 0.3 is 0 Å². The molecule has 0 saturated heterocycles. The number of benzene rings is 1. The molecule has 8 nitrogen and oxygen atoms in total. The topological polar surface area (TPSA) is 100 Å². The van der Waals surface area contributed by atoms with Crippen LogP contribution in [0.3, 0.4) is 0 Å². The largest absolute Gasteiger partial charge is 0.382 e. The van der Waals surface area contributed by atoms with Crippen LogP contribution in [0, 0.1) is 17.1 Å². The number of aromatic nitrogens is 3. The van der Waals surface area contributed by atoms with Gasteiger partial charge in [0.15, 0.2) is 5.96 Å². The normalized spacial score (nSPS) is 11.1. The van der Waals surface area contributed by atoms with Crippen molar-refractivity contribution in [2.24, 2.45) is 12.0 Å². The van der Waals surface area contributed by atoms with Crippen molar-refractivity contribution in [1.29, 1.82) is 5.26 Å². The average Bonchev–Trinajstić information content (AvgIpc) is 3.33. The molecule has 3 aromatic rings. The number of nitrogens with one attached hydrogen (secondary N) is 1. The van der Waals surface area contributed by atoms with E-state index < -0.39 is 0 Å². The Morgan fingerprint density at radius 2 is 2.03 bits per heavy atom. The van der Waals surface area contributed by atoms with Gasteiger partial charge in [0.05, 0.1) is 17.9 Å². The van der Waals surface area contributed by atoms with Gasteiger partial charge in [0.1, 0.15) is 23.3 Å². The summed E-state index contributed by atoms with van der Waals surface area (Å²) in [7, 11) is 4.03. The fourth-order valence-electron chi connectivity index (χ4n) is 3.43. The quantitative estimate of drug-likeness (QED) is 0.189. The van der Waals surface area contributed by atoms with Crippen LogP contribution in [0.25, 0.3) is 5.69 Å². The maximum Gasteiger partial charge on any atom is 0.194 e. The number of nitrogen functional groups attached to an aromatic ring is 1. The Bertz CT molecular complexity index is 1110. The van der Waals surface area contributed by atoms with E-state index in [1.165, 1.54) is 22.5 Å². The third-order valence-electron chi connectivity index (χ3n) is 5.16. The minimum absolute atomic E-state index is 0. The van der Waals surface area contributed by atoms with E-state index in [0.717, 1.165) is 19.0 Å². The Labute approximate surface area is 210 Å². The van der Waals surface area contributed by atoms with Gasteiger partial charge in [0, 0.05) is 39.1 Å². The van der Waals surface area contributed by atoms with E-state index >= 15 is 0 Å². The van der Waals surface area contributed by atoms with Gasteiger partial charge in [-0.2, -0.15) is 10.4 Å². The molecule has 0 spiro atoms. The number of nitriles is 1. The van der Waals surface area contributed by atoms with Gasteiger partial charge in [-0.3, -0.25) is 4.99 Å². The van der Waals surface area contributed by atoms with Crippen LogP contribution in [0.1, 0.15) is 30.3 Å². The van der Waals surface area contributed by atoms with Crippen LogP contribution < -0.4 is 11.1 Å². The number of anilines is 1. The zero-order valence-corrected chi connectivity index (χ0v) is 21.5. The lowest BCUT2D eigenvalue weighted by Crippen LogP contribution is -2.38. The van der Waals surface area contributed by atoms with Crippen LogP contribution in [0.4, 0.5) is 10.2 Å². The van der Waals surface area contributed by atoms with Gasteiger partial charge in [-0.05, 0) is 56.2 Å². The highest BCUT2D eigenvalue weighted by Crippen LogP contribution is 2.21. The molecule has 0 fully saturated rings. The number of nitrogens with zero attached hydrogens (tertiary/aromatic N) is 6. The monoisotopic (exact) mass is 564 g/mol. The van der Waals surface area contributed by atoms with Crippen LogP contribution in [-0.2, 0) is 20.0 Å². The number of hydrogen-bond acceptors (Lipinski definition) is 4. The molecule has 176 valence electrons. The van der Waals surface area contributed by atoms with Gasteiger partial charge in [0.2, 0.25) is 0 Å². The highest BCUT2D eigenvalue weighted by atomic mass is 127. The minimum Gasteiger partial charge on any atom is -0.382 e. The molecule has 1 aromatic carbocycles. The number of hydrogen-bond donors (Lipinski definition) is 2. The summed E-state index contributed by atoms with van der Waals surface area (Å²) in [5.74, 6) is 0.741. The lowest BCUT2D eigenvalue weighted by atomic mass is 10.1. The van der Waals surface area contributed by atoms with Crippen molar-refractivity contribution in [1.82, 2.24) is 24.6 Å². The van der Waals surface area contributed by atoms with Gasteiger partial charge < -0.3 is 20.5 Å². The van der Waals surface area contributed by atoms with Crippen molar-refractivity contribution in [3.8, 4) is 11.8 Å². The second-order valence-electron chi connectivity index (χ2n) is 7.51. The Morgan fingerprint density at radius 1 is 1.30 bits per heavy atom. The lowest BCUT2D eigenvalue weighted by molar-refractivity contribution is 0.461. The van der Waals surface area contributed by atoms with Crippen LogP contribution >= 0.6 is 24.0 Å². The predicted octanol–water partition coefficient (Wildman–Crippen LogP) is 3.45. The summed E-state index contributed by atoms with van der Waals surface area (Å²) in [5.41, 5.74) is 8.91. The summed E-state index contributed by atoms with van der Waals surface area (Å²) >= 11 is 0. The molecule has 0 aliphatic heterocycles. The fraction of sp³-hybridized carbons (Fsp3) is 0.348. The van der Waals surface area contributed by atoms with E-state index in [9.17, 15) is 9.65 Å². The summed E-state index contributed by atoms with van der Waals surface area (Å²) in [6.07, 6.45) is 3.30. The van der Waals surface area contributed by atoms with E-state index in [2.05, 4.69) is 32.0 Å². The van der Waals surface area contributed by atoms with Crippen molar-refractivity contribution in [2.45, 2.75) is 26.3 Å². The lowest BCUT2D eigenvalue weighted by Gasteiger charge is -2.22. The fourth-order valence-corrected chi connectivity index (χ4v) is 3.43. The Morgan fingerprint density at radius 3 is 2.64 bits per heavy atom. The molecule has 0 aliphatic rings. The van der Waals surface area contributed by atoms with Gasteiger partial charge in [-0.1, -0.05) is 0 Å². The standard InChI is InChI=1S/C23H29FN8.HI/c1-4-27-23(31(3)16-19-7-6-14-30(19)2)28-13-5-8-21-20(15-25)22(26)32(29-21)18-11-9-17(24)10-12-18;/h6-7,9-12,14H,4-5,8,13,16,26H2,1-3H3,(H,27,28);1H. The smallest absolute Gasteiger partial charge is 0.194 e. The highest BCUT2D eigenvalue weighted by Gasteiger charge is 2.16. The molecule has 0 aliphatic carbocycles. The third kappa shape index (κ3) is 6.47. The third-order valence-corrected chi connectivity index (χ3v) is 5.16. The number of nitrogens with two attached hydrogens (primary N) is 1.